The van der Waals surface area contributed by atoms with Crippen LogP contribution in [0.3, 0.4) is 0 Å². The summed E-state index contributed by atoms with van der Waals surface area (Å²) in [6, 6.07) is 6.90. The van der Waals surface area contributed by atoms with Crippen molar-refractivity contribution < 1.29 is 14.3 Å². The number of hydrogen-bond acceptors (Lipinski definition) is 6. The molecule has 120 valence electrons. The van der Waals surface area contributed by atoms with Crippen molar-refractivity contribution in [1.82, 2.24) is 9.97 Å². The Labute approximate surface area is 134 Å². The van der Waals surface area contributed by atoms with Crippen molar-refractivity contribution >= 4 is 17.5 Å². The highest BCUT2D eigenvalue weighted by molar-refractivity contribution is 6.04. The maximum absolute atomic E-state index is 12.2. The Bertz CT molecular complexity index is 652. The van der Waals surface area contributed by atoms with Crippen LogP contribution in [-0.4, -0.2) is 49.3 Å². The third kappa shape index (κ3) is 3.75. The van der Waals surface area contributed by atoms with E-state index in [9.17, 15) is 4.79 Å². The third-order valence-corrected chi connectivity index (χ3v) is 3.54. The Balaban J connectivity index is 1.63. The second-order valence-corrected chi connectivity index (χ2v) is 5.05. The first-order chi connectivity index (χ1) is 11.3. The monoisotopic (exact) mass is 314 g/mol. The molecule has 7 heteroatoms. The minimum absolute atomic E-state index is 0.213. The molecule has 0 radical (unpaired) electrons. The zero-order chi connectivity index (χ0) is 16.1. The molecule has 0 saturated carbocycles. The molecule has 2 heterocycles. The summed E-state index contributed by atoms with van der Waals surface area (Å²) < 4.78 is 10.4. The summed E-state index contributed by atoms with van der Waals surface area (Å²) in [6.45, 7) is 2.91. The zero-order valence-electron chi connectivity index (χ0n) is 12.9. The summed E-state index contributed by atoms with van der Waals surface area (Å²) in [5.41, 5.74) is 1.10. The predicted octanol–water partition coefficient (Wildman–Crippen LogP) is 1.57. The largest absolute Gasteiger partial charge is 0.497 e. The van der Waals surface area contributed by atoms with Crippen molar-refractivity contribution in [3.8, 4) is 5.75 Å². The number of methoxy groups -OCH3 is 1. The maximum atomic E-state index is 12.2. The lowest BCUT2D eigenvalue weighted by atomic mass is 10.2. The minimum atomic E-state index is -0.213. The molecule has 0 atom stereocenters. The number of hydrogen-bond donors (Lipinski definition) is 1. The molecular weight excluding hydrogens is 296 g/mol. The smallest absolute Gasteiger partial charge is 0.255 e. The third-order valence-electron chi connectivity index (χ3n) is 3.54. The lowest BCUT2D eigenvalue weighted by molar-refractivity contribution is 0.102. The van der Waals surface area contributed by atoms with E-state index in [-0.39, 0.29) is 5.91 Å². The average molecular weight is 314 g/mol. The van der Waals surface area contributed by atoms with Crippen LogP contribution in [-0.2, 0) is 4.74 Å². The molecule has 7 nitrogen and oxygen atoms in total. The molecule has 0 unspecified atom stereocenters. The van der Waals surface area contributed by atoms with Crippen LogP contribution in [0.4, 0.5) is 11.6 Å². The fourth-order valence-corrected chi connectivity index (χ4v) is 2.26. The molecule has 2 aromatic rings. The van der Waals surface area contributed by atoms with Gasteiger partial charge in [-0.05, 0) is 24.3 Å². The molecule has 3 rings (SSSR count). The van der Waals surface area contributed by atoms with Crippen LogP contribution in [0.15, 0.2) is 36.7 Å². The number of benzene rings is 1. The van der Waals surface area contributed by atoms with Gasteiger partial charge in [-0.3, -0.25) is 4.79 Å². The summed E-state index contributed by atoms with van der Waals surface area (Å²) in [5.74, 6) is 1.14. The molecule has 1 N–H and O–H groups in total. The van der Waals surface area contributed by atoms with Gasteiger partial charge >= 0.3 is 0 Å². The van der Waals surface area contributed by atoms with E-state index in [0.29, 0.717) is 36.2 Å². The normalized spacial score (nSPS) is 14.4. The number of aromatic nitrogens is 2. The van der Waals surface area contributed by atoms with Crippen LogP contribution in [0.1, 0.15) is 10.4 Å². The van der Waals surface area contributed by atoms with E-state index in [2.05, 4.69) is 20.2 Å². The second kappa shape index (κ2) is 7.06. The van der Waals surface area contributed by atoms with Crippen molar-refractivity contribution in [2.75, 3.05) is 43.6 Å². The molecule has 0 bridgehead atoms. The molecule has 1 fully saturated rings. The molecule has 1 aliphatic heterocycles. The van der Waals surface area contributed by atoms with E-state index in [1.54, 1.807) is 43.8 Å². The van der Waals surface area contributed by atoms with E-state index in [1.165, 1.54) is 0 Å². The number of nitrogens with one attached hydrogen (secondary N) is 1. The Kier molecular flexibility index (Phi) is 4.68. The first kappa shape index (κ1) is 15.2. The SMILES string of the molecule is COc1ccc(C(=O)Nc2cnc(N3CCOCC3)nc2)cc1. The lowest BCUT2D eigenvalue weighted by Crippen LogP contribution is -2.37. The summed E-state index contributed by atoms with van der Waals surface area (Å²) in [4.78, 5) is 22.8. The van der Waals surface area contributed by atoms with Gasteiger partial charge in [0.2, 0.25) is 5.95 Å². The molecule has 1 aliphatic rings. The van der Waals surface area contributed by atoms with Crippen molar-refractivity contribution in [3.63, 3.8) is 0 Å². The lowest BCUT2D eigenvalue weighted by Gasteiger charge is -2.26. The Morgan fingerprint density at radius 3 is 2.43 bits per heavy atom. The van der Waals surface area contributed by atoms with E-state index >= 15 is 0 Å². The molecule has 1 saturated heterocycles. The summed E-state index contributed by atoms with van der Waals surface area (Å²) in [7, 11) is 1.59. The van der Waals surface area contributed by atoms with Gasteiger partial charge in [0, 0.05) is 18.7 Å². The van der Waals surface area contributed by atoms with Gasteiger partial charge in [0.25, 0.3) is 5.91 Å². The zero-order valence-corrected chi connectivity index (χ0v) is 12.9. The first-order valence-corrected chi connectivity index (χ1v) is 7.36. The first-order valence-electron chi connectivity index (χ1n) is 7.36. The molecule has 23 heavy (non-hydrogen) atoms. The van der Waals surface area contributed by atoms with Gasteiger partial charge in [-0.2, -0.15) is 0 Å². The fraction of sp³-hybridized carbons (Fsp3) is 0.312. The fourth-order valence-electron chi connectivity index (χ4n) is 2.26. The van der Waals surface area contributed by atoms with Crippen LogP contribution in [0.2, 0.25) is 0 Å². The Morgan fingerprint density at radius 2 is 1.83 bits per heavy atom. The van der Waals surface area contributed by atoms with Crippen molar-refractivity contribution in [1.29, 1.82) is 0 Å². The van der Waals surface area contributed by atoms with Gasteiger partial charge in [0.15, 0.2) is 0 Å². The van der Waals surface area contributed by atoms with E-state index in [0.717, 1.165) is 13.1 Å². The standard InChI is InChI=1S/C16H18N4O3/c1-22-14-4-2-12(3-5-14)15(21)19-13-10-17-16(18-11-13)20-6-8-23-9-7-20/h2-5,10-11H,6-9H2,1H3,(H,19,21). The summed E-state index contributed by atoms with van der Waals surface area (Å²) >= 11 is 0. The number of rotatable bonds is 4. The highest BCUT2D eigenvalue weighted by atomic mass is 16.5. The van der Waals surface area contributed by atoms with Gasteiger partial charge in [-0.25, -0.2) is 9.97 Å². The van der Waals surface area contributed by atoms with E-state index in [1.807, 2.05) is 0 Å². The average Bonchev–Trinajstić information content (AvgIpc) is 2.63. The summed E-state index contributed by atoms with van der Waals surface area (Å²) in [5, 5.41) is 2.78. The predicted molar refractivity (Wildman–Crippen MR) is 86.0 cm³/mol. The van der Waals surface area contributed by atoms with Crippen LogP contribution in [0.5, 0.6) is 5.75 Å². The number of carbonyl (C=O) groups is 1. The minimum Gasteiger partial charge on any atom is -0.497 e. The van der Waals surface area contributed by atoms with Gasteiger partial charge in [0.1, 0.15) is 5.75 Å². The number of amides is 1. The Hall–Kier alpha value is -2.67. The van der Waals surface area contributed by atoms with Crippen LogP contribution in [0.25, 0.3) is 0 Å². The topological polar surface area (TPSA) is 76.6 Å². The van der Waals surface area contributed by atoms with Crippen molar-refractivity contribution in [2.24, 2.45) is 0 Å². The molecule has 1 aromatic heterocycles. The molecular formula is C16H18N4O3. The highest BCUT2D eigenvalue weighted by Gasteiger charge is 2.14. The highest BCUT2D eigenvalue weighted by Crippen LogP contribution is 2.15. The van der Waals surface area contributed by atoms with Crippen molar-refractivity contribution in [3.05, 3.63) is 42.2 Å². The number of nitrogens with zero attached hydrogens (tertiary/aromatic N) is 3. The quantitative estimate of drug-likeness (QED) is 0.923. The van der Waals surface area contributed by atoms with E-state index in [4.69, 9.17) is 9.47 Å². The number of morpholine rings is 1. The van der Waals surface area contributed by atoms with Crippen LogP contribution < -0.4 is 15.0 Å². The number of carbonyl (C=O) groups excluding carboxylic acids is 1. The molecule has 0 aliphatic carbocycles. The van der Waals surface area contributed by atoms with Gasteiger partial charge in [-0.1, -0.05) is 0 Å². The van der Waals surface area contributed by atoms with Crippen LogP contribution >= 0.6 is 0 Å². The van der Waals surface area contributed by atoms with E-state index < -0.39 is 0 Å². The van der Waals surface area contributed by atoms with Gasteiger partial charge < -0.3 is 19.7 Å². The van der Waals surface area contributed by atoms with Gasteiger partial charge in [-0.15, -0.1) is 0 Å². The maximum Gasteiger partial charge on any atom is 0.255 e. The second-order valence-electron chi connectivity index (χ2n) is 5.05. The number of anilines is 2. The summed E-state index contributed by atoms with van der Waals surface area (Å²) in [6.07, 6.45) is 3.22. The van der Waals surface area contributed by atoms with Crippen molar-refractivity contribution in [2.45, 2.75) is 0 Å². The van der Waals surface area contributed by atoms with Crippen LogP contribution in [0, 0.1) is 0 Å². The van der Waals surface area contributed by atoms with Gasteiger partial charge in [0.05, 0.1) is 38.4 Å². The molecule has 1 amide bonds. The number of ether oxygens (including phenoxy) is 2. The molecule has 1 aromatic carbocycles. The molecule has 0 spiro atoms. The Morgan fingerprint density at radius 1 is 1.17 bits per heavy atom.